The topological polar surface area (TPSA) is 80.5 Å². The van der Waals surface area contributed by atoms with Gasteiger partial charge in [0, 0.05) is 5.69 Å². The van der Waals surface area contributed by atoms with E-state index in [1.807, 2.05) is 19.1 Å². The number of hydrogen-bond acceptors (Lipinski definition) is 3. The van der Waals surface area contributed by atoms with Crippen molar-refractivity contribution in [3.8, 4) is 0 Å². The van der Waals surface area contributed by atoms with Gasteiger partial charge in [-0.25, -0.2) is 8.42 Å². The minimum Gasteiger partial charge on any atom is -0.537 e. The fourth-order valence-corrected chi connectivity index (χ4v) is 2.75. The van der Waals surface area contributed by atoms with E-state index in [4.69, 9.17) is 5.21 Å². The van der Waals surface area contributed by atoms with Crippen LogP contribution in [0.1, 0.15) is 37.5 Å². The Labute approximate surface area is 206 Å². The van der Waals surface area contributed by atoms with Crippen molar-refractivity contribution in [2.45, 2.75) is 39.5 Å². The van der Waals surface area contributed by atoms with Crippen LogP contribution >= 0.6 is 0 Å². The molecule has 0 atom stereocenters. The monoisotopic (exact) mass is 416 g/mol. The van der Waals surface area contributed by atoms with E-state index in [-0.39, 0.29) is 56.8 Å². The van der Waals surface area contributed by atoms with Crippen LogP contribution in [0.15, 0.2) is 48.5 Å². The number of nitrogens with one attached hydrogen (secondary N) is 1. The molecule has 5 nitrogen and oxygen atoms in total. The van der Waals surface area contributed by atoms with E-state index < -0.39 is 10.0 Å². The quantitative estimate of drug-likeness (QED) is 0.575. The molecule has 0 radical (unpaired) electrons. The first-order chi connectivity index (χ1) is 12.0. The molecule has 0 spiro atoms. The SMILES string of the molecule is CC(C)(C)c1ccc(CC[N-]O)cc1.Cc1ccc(NS(C)(=O)=O)cc1.[K+]. The van der Waals surface area contributed by atoms with Crippen molar-refractivity contribution in [2.24, 2.45) is 0 Å². The second-order valence-corrected chi connectivity index (χ2v) is 9.05. The number of nitrogens with zero attached hydrogens (tertiary/aromatic N) is 1. The normalized spacial score (nSPS) is 11.0. The second kappa shape index (κ2) is 12.3. The van der Waals surface area contributed by atoms with E-state index in [1.54, 1.807) is 12.1 Å². The summed E-state index contributed by atoms with van der Waals surface area (Å²) in [6.45, 7) is 9.03. The Morgan fingerprint density at radius 2 is 1.52 bits per heavy atom. The van der Waals surface area contributed by atoms with Gasteiger partial charge in [-0.05, 0) is 42.0 Å². The van der Waals surface area contributed by atoms with Gasteiger partial charge in [0.15, 0.2) is 0 Å². The molecule has 0 aliphatic heterocycles. The molecule has 0 unspecified atom stereocenters. The fourth-order valence-electron chi connectivity index (χ4n) is 2.19. The van der Waals surface area contributed by atoms with E-state index in [9.17, 15) is 8.42 Å². The van der Waals surface area contributed by atoms with Gasteiger partial charge in [0.25, 0.3) is 0 Å². The second-order valence-electron chi connectivity index (χ2n) is 7.30. The van der Waals surface area contributed by atoms with Crippen molar-refractivity contribution >= 4 is 15.7 Å². The van der Waals surface area contributed by atoms with Crippen LogP contribution in [0.4, 0.5) is 5.69 Å². The van der Waals surface area contributed by atoms with Crippen molar-refractivity contribution in [1.82, 2.24) is 0 Å². The minimum absolute atomic E-state index is 0. The molecule has 0 heterocycles. The third kappa shape index (κ3) is 12.0. The number of aryl methyl sites for hydroxylation is 1. The molecule has 2 N–H and O–H groups in total. The summed E-state index contributed by atoms with van der Waals surface area (Å²) in [5.41, 5.74) is 7.57. The number of benzene rings is 2. The van der Waals surface area contributed by atoms with E-state index in [0.29, 0.717) is 12.2 Å². The standard InChI is InChI=1S/C12H18NO.C8H11NO2S.K/c1-12(2,3)11-6-4-10(5-7-11)8-9-13-14;1-7-3-5-8(6-4-7)9-12(2,10)11;/h4-7,14H,8-9H2,1-3H3;3-6,9H,1-2H3;/q-1;;+1. The maximum absolute atomic E-state index is 10.8. The van der Waals surface area contributed by atoms with Crippen LogP contribution in [0.25, 0.3) is 5.48 Å². The van der Waals surface area contributed by atoms with Gasteiger partial charge in [-0.3, -0.25) is 4.72 Å². The van der Waals surface area contributed by atoms with Crippen molar-refractivity contribution in [3.05, 3.63) is 70.7 Å². The van der Waals surface area contributed by atoms with E-state index in [1.165, 1.54) is 11.1 Å². The van der Waals surface area contributed by atoms with Gasteiger partial charge in [-0.2, -0.15) is 0 Å². The summed E-state index contributed by atoms with van der Waals surface area (Å²) in [5.74, 6) is 0. The summed E-state index contributed by atoms with van der Waals surface area (Å²) in [6.07, 6.45) is 1.94. The van der Waals surface area contributed by atoms with Gasteiger partial charge in [-0.15, -0.1) is 6.54 Å². The smallest absolute Gasteiger partial charge is 0.537 e. The maximum Gasteiger partial charge on any atom is 1.00 e. The molecular formula is C20H29KN2O3S. The zero-order valence-electron chi connectivity index (χ0n) is 17.2. The Bertz CT molecular complexity index is 768. The number of sulfonamides is 1. The molecule has 0 bridgehead atoms. The molecule has 0 saturated carbocycles. The number of hydroxylamine groups is 1. The van der Waals surface area contributed by atoms with Crippen molar-refractivity contribution in [3.63, 3.8) is 0 Å². The summed E-state index contributed by atoms with van der Waals surface area (Å²) in [7, 11) is -3.14. The third-order valence-electron chi connectivity index (χ3n) is 3.68. The van der Waals surface area contributed by atoms with Crippen molar-refractivity contribution in [2.75, 3.05) is 17.5 Å². The molecule has 7 heteroatoms. The molecule has 27 heavy (non-hydrogen) atoms. The molecule has 2 aromatic rings. The molecule has 144 valence electrons. The number of anilines is 1. The molecular weight excluding hydrogens is 387 g/mol. The van der Waals surface area contributed by atoms with Crippen LogP contribution in [0, 0.1) is 6.92 Å². The van der Waals surface area contributed by atoms with Crippen molar-refractivity contribution in [1.29, 1.82) is 0 Å². The predicted molar refractivity (Wildman–Crippen MR) is 109 cm³/mol. The Morgan fingerprint density at radius 3 is 1.93 bits per heavy atom. The van der Waals surface area contributed by atoms with Crippen molar-refractivity contribution < 1.29 is 65.0 Å². The van der Waals surface area contributed by atoms with Crippen LogP contribution < -0.4 is 56.1 Å². The Balaban J connectivity index is 0.000000488. The predicted octanol–water partition coefficient (Wildman–Crippen LogP) is 1.66. The van der Waals surface area contributed by atoms with Crippen LogP contribution in [0.3, 0.4) is 0 Å². The minimum atomic E-state index is -3.14. The zero-order valence-corrected chi connectivity index (χ0v) is 21.1. The molecule has 0 aromatic heterocycles. The summed E-state index contributed by atoms with van der Waals surface area (Å²) < 4.78 is 23.9. The van der Waals surface area contributed by atoms with Crippen LogP contribution in [-0.2, 0) is 21.9 Å². The summed E-state index contributed by atoms with van der Waals surface area (Å²) in [6, 6.07) is 15.7. The maximum atomic E-state index is 10.8. The molecule has 2 aromatic carbocycles. The van der Waals surface area contributed by atoms with Crippen LogP contribution in [0.5, 0.6) is 0 Å². The molecule has 0 saturated heterocycles. The largest absolute Gasteiger partial charge is 1.00 e. The first-order valence-corrected chi connectivity index (χ1v) is 10.3. The van der Waals surface area contributed by atoms with Gasteiger partial charge < -0.3 is 10.7 Å². The first kappa shape index (κ1) is 26.7. The van der Waals surface area contributed by atoms with Gasteiger partial charge in [0.2, 0.25) is 10.0 Å². The fraction of sp³-hybridized carbons (Fsp3) is 0.400. The zero-order chi connectivity index (χ0) is 19.8. The van der Waals surface area contributed by atoms with E-state index in [0.717, 1.165) is 18.2 Å². The average Bonchev–Trinajstić information content (AvgIpc) is 2.54. The summed E-state index contributed by atoms with van der Waals surface area (Å²) in [5, 5.41) is 8.34. The van der Waals surface area contributed by atoms with Gasteiger partial charge >= 0.3 is 51.4 Å². The Hall–Kier alpha value is -0.254. The van der Waals surface area contributed by atoms with Crippen LogP contribution in [0.2, 0.25) is 0 Å². The molecule has 0 aliphatic carbocycles. The third-order valence-corrected chi connectivity index (χ3v) is 4.28. The number of rotatable bonds is 5. The summed E-state index contributed by atoms with van der Waals surface area (Å²) in [4.78, 5) is 0. The molecule has 0 aliphatic rings. The average molecular weight is 417 g/mol. The first-order valence-electron chi connectivity index (χ1n) is 8.46. The Kier molecular flexibility index (Phi) is 12.2. The molecule has 2 rings (SSSR count). The van der Waals surface area contributed by atoms with Gasteiger partial charge in [0.1, 0.15) is 0 Å². The Morgan fingerprint density at radius 1 is 1.00 bits per heavy atom. The van der Waals surface area contributed by atoms with Crippen LogP contribution in [-0.4, -0.2) is 26.4 Å². The molecule has 0 fully saturated rings. The molecule has 0 amide bonds. The number of hydrogen-bond donors (Lipinski definition) is 2. The van der Waals surface area contributed by atoms with Gasteiger partial charge in [0.05, 0.1) is 6.26 Å². The van der Waals surface area contributed by atoms with E-state index >= 15 is 0 Å². The van der Waals surface area contributed by atoms with E-state index in [2.05, 4.69) is 55.2 Å². The summed E-state index contributed by atoms with van der Waals surface area (Å²) >= 11 is 0. The van der Waals surface area contributed by atoms with Gasteiger partial charge in [-0.1, -0.05) is 62.7 Å².